The topological polar surface area (TPSA) is 50.4 Å². The molecule has 0 saturated carbocycles. The maximum atomic E-state index is 5.61. The van der Waals surface area contributed by atoms with Gasteiger partial charge in [0.05, 0.1) is 6.54 Å². The Labute approximate surface area is 84.0 Å². The lowest BCUT2D eigenvalue weighted by molar-refractivity contribution is 0.959. The van der Waals surface area contributed by atoms with E-state index in [1.54, 1.807) is 0 Å². The van der Waals surface area contributed by atoms with Gasteiger partial charge in [-0.3, -0.25) is 4.99 Å². The van der Waals surface area contributed by atoms with E-state index in [0.717, 1.165) is 24.5 Å². The smallest absolute Gasteiger partial charge is 0.128 e. The standard InChI is InChI=1S/C11H15N3/c1-8-6-9(2-3-10(8)7-12)11-13-4-5-14-11/h2-3,6H,4-5,7,12H2,1H3,(H,13,14). The number of hydrogen-bond donors (Lipinski definition) is 2. The molecule has 3 heteroatoms. The molecule has 0 amide bonds. The first-order valence-electron chi connectivity index (χ1n) is 4.89. The fourth-order valence-electron chi connectivity index (χ4n) is 1.66. The normalized spacial score (nSPS) is 15.1. The lowest BCUT2D eigenvalue weighted by Gasteiger charge is -2.07. The summed E-state index contributed by atoms with van der Waals surface area (Å²) in [7, 11) is 0. The summed E-state index contributed by atoms with van der Waals surface area (Å²) in [5.74, 6) is 1.01. The zero-order valence-corrected chi connectivity index (χ0v) is 8.38. The van der Waals surface area contributed by atoms with Crippen molar-refractivity contribution < 1.29 is 0 Å². The summed E-state index contributed by atoms with van der Waals surface area (Å²) < 4.78 is 0. The van der Waals surface area contributed by atoms with Gasteiger partial charge in [-0.05, 0) is 24.1 Å². The molecule has 0 fully saturated rings. The molecular formula is C11H15N3. The summed E-state index contributed by atoms with van der Waals surface area (Å²) >= 11 is 0. The molecule has 3 N–H and O–H groups in total. The number of aliphatic imine (C=N–C) groups is 1. The zero-order chi connectivity index (χ0) is 9.97. The molecular weight excluding hydrogens is 174 g/mol. The molecule has 1 aromatic carbocycles. The van der Waals surface area contributed by atoms with Gasteiger partial charge in [0.15, 0.2) is 0 Å². The minimum atomic E-state index is 0.603. The Kier molecular flexibility index (Phi) is 2.50. The van der Waals surface area contributed by atoms with Gasteiger partial charge < -0.3 is 11.1 Å². The lowest BCUT2D eigenvalue weighted by atomic mass is 10.0. The van der Waals surface area contributed by atoms with Crippen LogP contribution in [-0.4, -0.2) is 18.9 Å². The van der Waals surface area contributed by atoms with Crippen LogP contribution < -0.4 is 11.1 Å². The van der Waals surface area contributed by atoms with Gasteiger partial charge in [-0.15, -0.1) is 0 Å². The molecule has 0 atom stereocenters. The highest BCUT2D eigenvalue weighted by Gasteiger charge is 2.08. The number of hydrogen-bond acceptors (Lipinski definition) is 3. The third-order valence-corrected chi connectivity index (χ3v) is 2.51. The molecule has 1 aliphatic heterocycles. The van der Waals surface area contributed by atoms with Gasteiger partial charge in [-0.2, -0.15) is 0 Å². The number of benzene rings is 1. The molecule has 2 rings (SSSR count). The summed E-state index contributed by atoms with van der Waals surface area (Å²) in [5.41, 5.74) is 9.21. The first-order chi connectivity index (χ1) is 6.81. The Morgan fingerprint density at radius 2 is 2.36 bits per heavy atom. The van der Waals surface area contributed by atoms with Crippen LogP contribution in [-0.2, 0) is 6.54 Å². The van der Waals surface area contributed by atoms with Crippen LogP contribution in [0.4, 0.5) is 0 Å². The number of nitrogens with zero attached hydrogens (tertiary/aromatic N) is 1. The second kappa shape index (κ2) is 3.80. The van der Waals surface area contributed by atoms with Crippen LogP contribution in [0.5, 0.6) is 0 Å². The summed E-state index contributed by atoms with van der Waals surface area (Å²) in [6.45, 7) is 4.52. The molecule has 0 saturated heterocycles. The molecule has 0 radical (unpaired) electrons. The largest absolute Gasteiger partial charge is 0.368 e. The Morgan fingerprint density at radius 3 is 2.93 bits per heavy atom. The van der Waals surface area contributed by atoms with E-state index < -0.39 is 0 Å². The fourth-order valence-corrected chi connectivity index (χ4v) is 1.66. The van der Waals surface area contributed by atoms with Crippen LogP contribution in [0.3, 0.4) is 0 Å². The second-order valence-corrected chi connectivity index (χ2v) is 3.50. The number of amidine groups is 1. The number of nitrogens with two attached hydrogens (primary N) is 1. The minimum Gasteiger partial charge on any atom is -0.368 e. The fraction of sp³-hybridized carbons (Fsp3) is 0.364. The highest BCUT2D eigenvalue weighted by Crippen LogP contribution is 2.11. The first-order valence-corrected chi connectivity index (χ1v) is 4.89. The first kappa shape index (κ1) is 9.21. The maximum absolute atomic E-state index is 5.61. The lowest BCUT2D eigenvalue weighted by Crippen LogP contribution is -2.19. The van der Waals surface area contributed by atoms with Crippen molar-refractivity contribution in [3.8, 4) is 0 Å². The van der Waals surface area contributed by atoms with Crippen molar-refractivity contribution in [2.75, 3.05) is 13.1 Å². The number of nitrogens with one attached hydrogen (secondary N) is 1. The van der Waals surface area contributed by atoms with Gasteiger partial charge in [0, 0.05) is 18.7 Å². The van der Waals surface area contributed by atoms with Gasteiger partial charge in [0.2, 0.25) is 0 Å². The predicted octanol–water partition coefficient (Wildman–Crippen LogP) is 0.804. The number of rotatable bonds is 2. The summed E-state index contributed by atoms with van der Waals surface area (Å²) in [5, 5.41) is 3.26. The molecule has 14 heavy (non-hydrogen) atoms. The van der Waals surface area contributed by atoms with Crippen molar-refractivity contribution in [2.45, 2.75) is 13.5 Å². The average molecular weight is 189 g/mol. The van der Waals surface area contributed by atoms with E-state index in [4.69, 9.17) is 5.73 Å². The van der Waals surface area contributed by atoms with Crippen molar-refractivity contribution in [1.29, 1.82) is 0 Å². The maximum Gasteiger partial charge on any atom is 0.128 e. The molecule has 3 nitrogen and oxygen atoms in total. The quantitative estimate of drug-likeness (QED) is 0.723. The Morgan fingerprint density at radius 1 is 1.50 bits per heavy atom. The van der Waals surface area contributed by atoms with Gasteiger partial charge in [-0.1, -0.05) is 12.1 Å². The van der Waals surface area contributed by atoms with E-state index in [1.165, 1.54) is 11.1 Å². The molecule has 0 spiro atoms. The van der Waals surface area contributed by atoms with Crippen molar-refractivity contribution in [2.24, 2.45) is 10.7 Å². The van der Waals surface area contributed by atoms with Crippen molar-refractivity contribution in [3.63, 3.8) is 0 Å². The Hall–Kier alpha value is -1.35. The third-order valence-electron chi connectivity index (χ3n) is 2.51. The van der Waals surface area contributed by atoms with Crippen LogP contribution in [0.15, 0.2) is 23.2 Å². The van der Waals surface area contributed by atoms with Crippen LogP contribution in [0.2, 0.25) is 0 Å². The molecule has 0 bridgehead atoms. The molecule has 1 heterocycles. The molecule has 1 aromatic rings. The SMILES string of the molecule is Cc1cc(C2=NCCN2)ccc1CN. The monoisotopic (exact) mass is 189 g/mol. The zero-order valence-electron chi connectivity index (χ0n) is 8.38. The molecule has 0 aliphatic carbocycles. The predicted molar refractivity (Wildman–Crippen MR) is 58.5 cm³/mol. The molecule has 0 unspecified atom stereocenters. The second-order valence-electron chi connectivity index (χ2n) is 3.50. The molecule has 74 valence electrons. The summed E-state index contributed by atoms with van der Waals surface area (Å²) in [6.07, 6.45) is 0. The van der Waals surface area contributed by atoms with E-state index in [1.807, 2.05) is 0 Å². The van der Waals surface area contributed by atoms with Crippen LogP contribution in [0.25, 0.3) is 0 Å². The van der Waals surface area contributed by atoms with E-state index in [9.17, 15) is 0 Å². The van der Waals surface area contributed by atoms with Crippen molar-refractivity contribution in [1.82, 2.24) is 5.32 Å². The van der Waals surface area contributed by atoms with Crippen LogP contribution >= 0.6 is 0 Å². The third kappa shape index (κ3) is 1.63. The van der Waals surface area contributed by atoms with Crippen LogP contribution in [0.1, 0.15) is 16.7 Å². The van der Waals surface area contributed by atoms with Crippen molar-refractivity contribution in [3.05, 3.63) is 34.9 Å². The van der Waals surface area contributed by atoms with Gasteiger partial charge in [0.25, 0.3) is 0 Å². The van der Waals surface area contributed by atoms with Crippen LogP contribution in [0, 0.1) is 6.92 Å². The minimum absolute atomic E-state index is 0.603. The highest BCUT2D eigenvalue weighted by atomic mass is 15.1. The van der Waals surface area contributed by atoms with E-state index >= 15 is 0 Å². The summed E-state index contributed by atoms with van der Waals surface area (Å²) in [6, 6.07) is 6.29. The van der Waals surface area contributed by atoms with Gasteiger partial charge in [0.1, 0.15) is 5.84 Å². The Bertz CT molecular complexity index is 369. The summed E-state index contributed by atoms with van der Waals surface area (Å²) in [4.78, 5) is 4.38. The number of aryl methyl sites for hydroxylation is 1. The molecule has 1 aliphatic rings. The Balaban J connectivity index is 2.32. The average Bonchev–Trinajstić information content (AvgIpc) is 2.70. The van der Waals surface area contributed by atoms with Gasteiger partial charge >= 0.3 is 0 Å². The molecule has 0 aromatic heterocycles. The van der Waals surface area contributed by atoms with Gasteiger partial charge in [-0.25, -0.2) is 0 Å². The van der Waals surface area contributed by atoms with E-state index in [-0.39, 0.29) is 0 Å². The highest BCUT2D eigenvalue weighted by molar-refractivity contribution is 5.99. The van der Waals surface area contributed by atoms with Crippen molar-refractivity contribution >= 4 is 5.84 Å². The van der Waals surface area contributed by atoms with E-state index in [2.05, 4.69) is 35.4 Å². The van der Waals surface area contributed by atoms with E-state index in [0.29, 0.717) is 6.54 Å².